The molecule has 3 saturated carbocycles. The predicted octanol–water partition coefficient (Wildman–Crippen LogP) is 2.60. The maximum absolute atomic E-state index is 13.2. The molecular formula is C20H19F2N5O2. The molecule has 3 aliphatic carbocycles. The van der Waals surface area contributed by atoms with Gasteiger partial charge in [-0.1, -0.05) is 0 Å². The number of nitrogens with zero attached hydrogens (tertiary/aromatic N) is 3. The third-order valence-corrected chi connectivity index (χ3v) is 5.59. The Kier molecular flexibility index (Phi) is 3.77. The Bertz CT molecular complexity index is 1110. The molecule has 0 saturated heterocycles. The highest BCUT2D eigenvalue weighted by Crippen LogP contribution is 2.61. The quantitative estimate of drug-likeness (QED) is 0.666. The van der Waals surface area contributed by atoms with Gasteiger partial charge in [0, 0.05) is 29.5 Å². The summed E-state index contributed by atoms with van der Waals surface area (Å²) >= 11 is 0. The van der Waals surface area contributed by atoms with Crippen molar-refractivity contribution >= 4 is 17.2 Å². The lowest BCUT2D eigenvalue weighted by Crippen LogP contribution is -2.81. The van der Waals surface area contributed by atoms with Crippen molar-refractivity contribution in [2.24, 2.45) is 0 Å². The van der Waals surface area contributed by atoms with Crippen LogP contribution in [0.1, 0.15) is 25.0 Å². The van der Waals surface area contributed by atoms with Gasteiger partial charge >= 0.3 is 0 Å². The summed E-state index contributed by atoms with van der Waals surface area (Å²) in [7, 11) is 0. The number of nitrogens with one attached hydrogen (secondary N) is 2. The Morgan fingerprint density at radius 3 is 2.76 bits per heavy atom. The molecule has 0 unspecified atom stereocenters. The number of aryl methyl sites for hydroxylation is 1. The molecule has 9 heteroatoms. The van der Waals surface area contributed by atoms with Crippen LogP contribution < -0.4 is 15.4 Å². The van der Waals surface area contributed by atoms with Crippen molar-refractivity contribution in [1.29, 1.82) is 0 Å². The van der Waals surface area contributed by atoms with E-state index in [9.17, 15) is 13.6 Å². The van der Waals surface area contributed by atoms with Crippen molar-refractivity contribution in [3.8, 4) is 5.75 Å². The first-order valence-electron chi connectivity index (χ1n) is 9.34. The van der Waals surface area contributed by atoms with Gasteiger partial charge in [-0.3, -0.25) is 4.79 Å². The second kappa shape index (κ2) is 6.13. The van der Waals surface area contributed by atoms with Gasteiger partial charge in [0.15, 0.2) is 24.1 Å². The maximum atomic E-state index is 13.2. The highest BCUT2D eigenvalue weighted by Gasteiger charge is 2.69. The van der Waals surface area contributed by atoms with Crippen LogP contribution in [0.25, 0.3) is 5.52 Å². The Balaban J connectivity index is 1.16. The summed E-state index contributed by atoms with van der Waals surface area (Å²) in [6.07, 6.45) is 5.91. The molecule has 7 nitrogen and oxygen atoms in total. The zero-order valence-corrected chi connectivity index (χ0v) is 15.7. The topological polar surface area (TPSA) is 80.5 Å². The van der Waals surface area contributed by atoms with Gasteiger partial charge in [-0.2, -0.15) is 5.10 Å². The van der Waals surface area contributed by atoms with Crippen LogP contribution in [-0.4, -0.2) is 38.2 Å². The second-order valence-corrected chi connectivity index (χ2v) is 8.02. The van der Waals surface area contributed by atoms with Gasteiger partial charge in [0.05, 0.1) is 5.69 Å². The van der Waals surface area contributed by atoms with Crippen molar-refractivity contribution < 1.29 is 18.3 Å². The molecule has 2 N–H and O–H groups in total. The zero-order valence-electron chi connectivity index (χ0n) is 15.7. The fourth-order valence-corrected chi connectivity index (χ4v) is 4.49. The molecule has 150 valence electrons. The van der Waals surface area contributed by atoms with Crippen LogP contribution in [0.5, 0.6) is 5.75 Å². The van der Waals surface area contributed by atoms with E-state index in [-0.39, 0.29) is 29.3 Å². The number of amides is 1. The molecule has 6 rings (SSSR count). The predicted molar refractivity (Wildman–Crippen MR) is 101 cm³/mol. The molecule has 0 radical (unpaired) electrons. The Hall–Kier alpha value is -3.23. The highest BCUT2D eigenvalue weighted by atomic mass is 19.2. The summed E-state index contributed by atoms with van der Waals surface area (Å²) in [5.74, 6) is -1.34. The van der Waals surface area contributed by atoms with Crippen LogP contribution in [0.3, 0.4) is 0 Å². The standard InChI is InChI=1S/C20H19F2N5O2/c1-12-6-16-18(23-4-5-27(16)26-12)25-20-9-19(10-20,11-20)24-17(28)8-29-13-2-3-14(21)15(22)7-13/h2-7H,8-11H2,1H3,(H,23,25)(H,24,28). The summed E-state index contributed by atoms with van der Waals surface area (Å²) in [5, 5.41) is 10.9. The van der Waals surface area contributed by atoms with Crippen LogP contribution in [-0.2, 0) is 4.79 Å². The van der Waals surface area contributed by atoms with Gasteiger partial charge in [0.2, 0.25) is 0 Å². The molecule has 0 spiro atoms. The number of carbonyl (C=O) groups is 1. The van der Waals surface area contributed by atoms with Gasteiger partial charge in [0.25, 0.3) is 5.91 Å². The maximum Gasteiger partial charge on any atom is 0.258 e. The SMILES string of the molecule is Cc1cc2c(NC34CC(NC(=O)COc5ccc(F)c(F)c5)(C3)C4)nccn2n1. The lowest BCUT2D eigenvalue weighted by Gasteiger charge is -2.70. The van der Waals surface area contributed by atoms with E-state index in [0.717, 1.165) is 48.4 Å². The Labute approximate surface area is 165 Å². The molecular weight excluding hydrogens is 380 g/mol. The van der Waals surface area contributed by atoms with Gasteiger partial charge in [-0.15, -0.1) is 0 Å². The first-order chi connectivity index (χ1) is 13.9. The van der Waals surface area contributed by atoms with Crippen LogP contribution >= 0.6 is 0 Å². The van der Waals surface area contributed by atoms with Gasteiger partial charge in [-0.05, 0) is 44.4 Å². The van der Waals surface area contributed by atoms with Gasteiger partial charge in [0.1, 0.15) is 11.3 Å². The number of hydrogen-bond acceptors (Lipinski definition) is 5. The molecule has 2 aromatic heterocycles. The zero-order chi connectivity index (χ0) is 20.2. The monoisotopic (exact) mass is 399 g/mol. The third kappa shape index (κ3) is 3.06. The van der Waals surface area contributed by atoms with E-state index in [1.807, 2.05) is 19.2 Å². The molecule has 2 bridgehead atoms. The van der Waals surface area contributed by atoms with E-state index in [1.165, 1.54) is 6.07 Å². The van der Waals surface area contributed by atoms with Gasteiger partial charge < -0.3 is 15.4 Å². The fraction of sp³-hybridized carbons (Fsp3) is 0.350. The number of fused-ring (bicyclic) bond motifs is 1. The minimum Gasteiger partial charge on any atom is -0.484 e. The van der Waals surface area contributed by atoms with Crippen LogP contribution in [0.15, 0.2) is 36.7 Å². The largest absolute Gasteiger partial charge is 0.484 e. The first-order valence-corrected chi connectivity index (χ1v) is 9.34. The minimum absolute atomic E-state index is 0.0682. The molecule has 1 aromatic carbocycles. The molecule has 3 aromatic rings. The minimum atomic E-state index is -1.01. The normalized spacial score (nSPS) is 24.5. The number of carbonyl (C=O) groups excluding carboxylic acids is 1. The summed E-state index contributed by atoms with van der Waals surface area (Å²) in [4.78, 5) is 16.6. The summed E-state index contributed by atoms with van der Waals surface area (Å²) in [6.45, 7) is 1.69. The van der Waals surface area contributed by atoms with E-state index >= 15 is 0 Å². The summed E-state index contributed by atoms with van der Waals surface area (Å²) in [5.41, 5.74) is 1.54. The number of benzene rings is 1. The molecule has 2 heterocycles. The van der Waals surface area contributed by atoms with Crippen molar-refractivity contribution in [3.05, 3.63) is 54.0 Å². The average molecular weight is 399 g/mol. The van der Waals surface area contributed by atoms with Crippen LogP contribution in [0.2, 0.25) is 0 Å². The third-order valence-electron chi connectivity index (χ3n) is 5.59. The van der Waals surface area contributed by atoms with Crippen molar-refractivity contribution in [1.82, 2.24) is 19.9 Å². The van der Waals surface area contributed by atoms with E-state index < -0.39 is 11.6 Å². The van der Waals surface area contributed by atoms with E-state index in [0.29, 0.717) is 0 Å². The number of aromatic nitrogens is 3. The van der Waals surface area contributed by atoms with Crippen LogP contribution in [0, 0.1) is 18.6 Å². The number of anilines is 1. The molecule has 0 aliphatic heterocycles. The molecule has 29 heavy (non-hydrogen) atoms. The lowest BCUT2D eigenvalue weighted by atomic mass is 9.44. The number of rotatable bonds is 6. The molecule has 1 amide bonds. The number of halogens is 2. The average Bonchev–Trinajstić information content (AvgIpc) is 3.01. The number of ether oxygens (including phenoxy) is 1. The molecule has 0 atom stereocenters. The van der Waals surface area contributed by atoms with E-state index in [2.05, 4.69) is 20.7 Å². The summed E-state index contributed by atoms with van der Waals surface area (Å²) < 4.78 is 33.2. The number of hydrogen-bond donors (Lipinski definition) is 2. The lowest BCUT2D eigenvalue weighted by molar-refractivity contribution is -0.135. The van der Waals surface area contributed by atoms with Gasteiger partial charge in [-0.25, -0.2) is 18.3 Å². The van der Waals surface area contributed by atoms with Crippen LogP contribution in [0.4, 0.5) is 14.6 Å². The first kappa shape index (κ1) is 17.8. The fourth-order valence-electron chi connectivity index (χ4n) is 4.49. The summed E-state index contributed by atoms with van der Waals surface area (Å²) in [6, 6.07) is 5.16. The van der Waals surface area contributed by atoms with Crippen molar-refractivity contribution in [2.45, 2.75) is 37.3 Å². The smallest absolute Gasteiger partial charge is 0.258 e. The Morgan fingerprint density at radius 2 is 2.00 bits per heavy atom. The molecule has 3 fully saturated rings. The van der Waals surface area contributed by atoms with E-state index in [1.54, 1.807) is 10.7 Å². The molecule has 3 aliphatic rings. The van der Waals surface area contributed by atoms with Crippen molar-refractivity contribution in [3.63, 3.8) is 0 Å². The van der Waals surface area contributed by atoms with E-state index in [4.69, 9.17) is 4.74 Å². The second-order valence-electron chi connectivity index (χ2n) is 8.02. The van der Waals surface area contributed by atoms with Crippen molar-refractivity contribution in [2.75, 3.05) is 11.9 Å². The highest BCUT2D eigenvalue weighted by molar-refractivity contribution is 5.79. The Morgan fingerprint density at radius 1 is 1.21 bits per heavy atom.